The van der Waals surface area contributed by atoms with E-state index < -0.39 is 0 Å². The summed E-state index contributed by atoms with van der Waals surface area (Å²) in [5.41, 5.74) is 0.401. The highest BCUT2D eigenvalue weighted by Gasteiger charge is 2.47. The molecule has 0 N–H and O–H groups in total. The molecule has 0 radical (unpaired) electrons. The maximum Gasteiger partial charge on any atom is 0.409 e. The van der Waals surface area contributed by atoms with Crippen LogP contribution in [0.4, 0.5) is 4.79 Å². The molecule has 0 aromatic heterocycles. The number of hydrogen-bond acceptors (Lipinski definition) is 3. The van der Waals surface area contributed by atoms with Gasteiger partial charge in [-0.25, -0.2) is 4.79 Å². The van der Waals surface area contributed by atoms with Crippen molar-refractivity contribution >= 4 is 6.09 Å². The fourth-order valence-corrected chi connectivity index (χ4v) is 2.94. The molecule has 0 unspecified atom stereocenters. The second-order valence-corrected chi connectivity index (χ2v) is 5.68. The predicted octanol–water partition coefficient (Wildman–Crippen LogP) is 1.95. The fourth-order valence-electron chi connectivity index (χ4n) is 2.94. The van der Waals surface area contributed by atoms with Crippen LogP contribution in [-0.2, 0) is 4.74 Å². The van der Waals surface area contributed by atoms with Crippen LogP contribution in [0.2, 0.25) is 0 Å². The standard InChI is InChI=1S/C13H24N2O2/c1-4-17-12(16)15-9-13(10-15)5-7-14(8-6-13)11(2)3/h11H,4-10H2,1-3H3. The van der Waals surface area contributed by atoms with Gasteiger partial charge >= 0.3 is 6.09 Å². The van der Waals surface area contributed by atoms with E-state index in [1.807, 2.05) is 11.8 Å². The van der Waals surface area contributed by atoms with Crippen molar-refractivity contribution in [1.82, 2.24) is 9.80 Å². The third kappa shape index (κ3) is 2.57. The zero-order valence-electron chi connectivity index (χ0n) is 11.2. The number of nitrogens with zero attached hydrogens (tertiary/aromatic N) is 2. The molecule has 2 fully saturated rings. The number of likely N-dealkylation sites (tertiary alicyclic amines) is 2. The lowest BCUT2D eigenvalue weighted by Crippen LogP contribution is -2.62. The maximum atomic E-state index is 11.5. The van der Waals surface area contributed by atoms with Crippen molar-refractivity contribution in [3.05, 3.63) is 0 Å². The fraction of sp³-hybridized carbons (Fsp3) is 0.923. The molecule has 4 heteroatoms. The van der Waals surface area contributed by atoms with Crippen LogP contribution in [0.25, 0.3) is 0 Å². The Balaban J connectivity index is 1.77. The highest BCUT2D eigenvalue weighted by atomic mass is 16.6. The molecule has 0 aromatic carbocycles. The van der Waals surface area contributed by atoms with Gasteiger partial charge in [0.1, 0.15) is 0 Å². The molecule has 2 aliphatic heterocycles. The summed E-state index contributed by atoms with van der Waals surface area (Å²) >= 11 is 0. The summed E-state index contributed by atoms with van der Waals surface area (Å²) in [6, 6.07) is 0.647. The predicted molar refractivity (Wildman–Crippen MR) is 67.0 cm³/mol. The Morgan fingerprint density at radius 3 is 2.35 bits per heavy atom. The van der Waals surface area contributed by atoms with Gasteiger partial charge in [0.05, 0.1) is 6.61 Å². The second-order valence-electron chi connectivity index (χ2n) is 5.68. The minimum absolute atomic E-state index is 0.135. The van der Waals surface area contributed by atoms with Gasteiger partial charge in [0.15, 0.2) is 0 Å². The van der Waals surface area contributed by atoms with Gasteiger partial charge in [-0.3, -0.25) is 0 Å². The van der Waals surface area contributed by atoms with Crippen molar-refractivity contribution in [3.8, 4) is 0 Å². The number of amides is 1. The van der Waals surface area contributed by atoms with E-state index in [1.54, 1.807) is 0 Å². The van der Waals surface area contributed by atoms with Crippen molar-refractivity contribution in [2.75, 3.05) is 32.8 Å². The first-order valence-corrected chi connectivity index (χ1v) is 6.72. The van der Waals surface area contributed by atoms with Crippen molar-refractivity contribution in [2.45, 2.75) is 39.7 Å². The average Bonchev–Trinajstić information content (AvgIpc) is 2.26. The number of hydrogen-bond donors (Lipinski definition) is 0. The average molecular weight is 240 g/mol. The van der Waals surface area contributed by atoms with Crippen LogP contribution < -0.4 is 0 Å². The van der Waals surface area contributed by atoms with Crippen LogP contribution in [0, 0.1) is 5.41 Å². The molecular formula is C13H24N2O2. The SMILES string of the molecule is CCOC(=O)N1CC2(CCN(C(C)C)CC2)C1. The van der Waals surface area contributed by atoms with Crippen molar-refractivity contribution in [3.63, 3.8) is 0 Å². The minimum Gasteiger partial charge on any atom is -0.450 e. The van der Waals surface area contributed by atoms with E-state index in [9.17, 15) is 4.79 Å². The molecule has 0 atom stereocenters. The van der Waals surface area contributed by atoms with Crippen molar-refractivity contribution in [1.29, 1.82) is 0 Å². The Morgan fingerprint density at radius 1 is 1.29 bits per heavy atom. The summed E-state index contributed by atoms with van der Waals surface area (Å²) in [5, 5.41) is 0. The van der Waals surface area contributed by atoms with Crippen LogP contribution in [0.3, 0.4) is 0 Å². The molecule has 2 aliphatic rings. The summed E-state index contributed by atoms with van der Waals surface area (Å²) in [4.78, 5) is 15.9. The zero-order chi connectivity index (χ0) is 12.5. The lowest BCUT2D eigenvalue weighted by Gasteiger charge is -2.53. The molecular weight excluding hydrogens is 216 g/mol. The van der Waals surface area contributed by atoms with Crippen molar-refractivity contribution in [2.24, 2.45) is 5.41 Å². The van der Waals surface area contributed by atoms with Gasteiger partial charge in [-0.1, -0.05) is 0 Å². The van der Waals surface area contributed by atoms with E-state index in [0.29, 0.717) is 18.1 Å². The van der Waals surface area contributed by atoms with Crippen molar-refractivity contribution < 1.29 is 9.53 Å². The molecule has 4 nitrogen and oxygen atoms in total. The molecule has 2 heterocycles. The van der Waals surface area contributed by atoms with Crippen LogP contribution >= 0.6 is 0 Å². The first-order chi connectivity index (χ1) is 8.06. The Labute approximate surface area is 104 Å². The molecule has 0 aliphatic carbocycles. The Bertz CT molecular complexity index is 275. The van der Waals surface area contributed by atoms with E-state index in [4.69, 9.17) is 4.74 Å². The van der Waals surface area contributed by atoms with Gasteiger partial charge in [-0.05, 0) is 46.7 Å². The molecule has 1 amide bonds. The molecule has 17 heavy (non-hydrogen) atoms. The number of piperidine rings is 1. The molecule has 98 valence electrons. The molecule has 0 bridgehead atoms. The van der Waals surface area contributed by atoms with E-state index >= 15 is 0 Å². The van der Waals surface area contributed by atoms with E-state index in [-0.39, 0.29) is 6.09 Å². The molecule has 0 saturated carbocycles. The minimum atomic E-state index is -0.135. The Kier molecular flexibility index (Phi) is 3.61. The molecule has 2 saturated heterocycles. The smallest absolute Gasteiger partial charge is 0.409 e. The quantitative estimate of drug-likeness (QED) is 0.739. The van der Waals surface area contributed by atoms with Gasteiger partial charge in [-0.2, -0.15) is 0 Å². The number of carbonyl (C=O) groups is 1. The summed E-state index contributed by atoms with van der Waals surface area (Å²) in [5.74, 6) is 0. The van der Waals surface area contributed by atoms with Gasteiger partial charge in [-0.15, -0.1) is 0 Å². The Morgan fingerprint density at radius 2 is 1.88 bits per heavy atom. The van der Waals surface area contributed by atoms with Crippen LogP contribution in [-0.4, -0.2) is 54.7 Å². The van der Waals surface area contributed by atoms with E-state index in [2.05, 4.69) is 18.7 Å². The number of rotatable bonds is 2. The first kappa shape index (κ1) is 12.7. The maximum absolute atomic E-state index is 11.5. The molecule has 2 rings (SSSR count). The highest BCUT2D eigenvalue weighted by molar-refractivity contribution is 5.68. The summed E-state index contributed by atoms with van der Waals surface area (Å²) in [6.45, 7) is 11.0. The van der Waals surface area contributed by atoms with Gasteiger partial charge in [0.25, 0.3) is 0 Å². The topological polar surface area (TPSA) is 32.8 Å². The lowest BCUT2D eigenvalue weighted by atomic mass is 9.72. The summed E-state index contributed by atoms with van der Waals surface area (Å²) < 4.78 is 5.02. The normalized spacial score (nSPS) is 23.9. The zero-order valence-corrected chi connectivity index (χ0v) is 11.2. The van der Waals surface area contributed by atoms with Gasteiger partial charge < -0.3 is 14.5 Å². The van der Waals surface area contributed by atoms with Gasteiger partial charge in [0, 0.05) is 24.5 Å². The summed E-state index contributed by atoms with van der Waals surface area (Å²) in [6.07, 6.45) is 2.31. The summed E-state index contributed by atoms with van der Waals surface area (Å²) in [7, 11) is 0. The number of ether oxygens (including phenoxy) is 1. The highest BCUT2D eigenvalue weighted by Crippen LogP contribution is 2.40. The lowest BCUT2D eigenvalue weighted by molar-refractivity contribution is -0.0452. The third-order valence-electron chi connectivity index (χ3n) is 4.17. The van der Waals surface area contributed by atoms with E-state index in [0.717, 1.165) is 13.1 Å². The molecule has 1 spiro atoms. The Hall–Kier alpha value is -0.770. The molecule has 0 aromatic rings. The van der Waals surface area contributed by atoms with E-state index in [1.165, 1.54) is 25.9 Å². The number of carbonyl (C=O) groups excluding carboxylic acids is 1. The van der Waals surface area contributed by atoms with Crippen LogP contribution in [0.5, 0.6) is 0 Å². The first-order valence-electron chi connectivity index (χ1n) is 6.72. The van der Waals surface area contributed by atoms with Crippen LogP contribution in [0.15, 0.2) is 0 Å². The largest absolute Gasteiger partial charge is 0.450 e. The van der Waals surface area contributed by atoms with Crippen LogP contribution in [0.1, 0.15) is 33.6 Å². The second kappa shape index (κ2) is 4.84. The van der Waals surface area contributed by atoms with Gasteiger partial charge in [0.2, 0.25) is 0 Å². The monoisotopic (exact) mass is 240 g/mol. The third-order valence-corrected chi connectivity index (χ3v) is 4.17.